The molecule has 6 atom stereocenters. The van der Waals surface area contributed by atoms with Crippen LogP contribution in [0.25, 0.3) is 0 Å². The van der Waals surface area contributed by atoms with Crippen molar-refractivity contribution in [1.29, 1.82) is 0 Å². The van der Waals surface area contributed by atoms with Gasteiger partial charge in [0.05, 0.1) is 24.4 Å². The van der Waals surface area contributed by atoms with Gasteiger partial charge in [-0.2, -0.15) is 0 Å². The second kappa shape index (κ2) is 4.69. The van der Waals surface area contributed by atoms with Crippen molar-refractivity contribution in [2.45, 2.75) is 62.8 Å². The lowest BCUT2D eigenvalue weighted by Gasteiger charge is -2.31. The van der Waals surface area contributed by atoms with E-state index in [1.165, 1.54) is 0 Å². The molecule has 0 spiro atoms. The molecule has 3 aliphatic rings. The second-order valence-electron chi connectivity index (χ2n) is 5.39. The van der Waals surface area contributed by atoms with E-state index in [-0.39, 0.29) is 30.3 Å². The van der Waals surface area contributed by atoms with Gasteiger partial charge < -0.3 is 19.7 Å². The molecule has 0 aromatic heterocycles. The zero-order valence-electron chi connectivity index (χ0n) is 9.87. The Balaban J connectivity index is 1.53. The normalized spacial score (nSPS) is 46.4. The summed E-state index contributed by atoms with van der Waals surface area (Å²) in [4.78, 5) is 0. The zero-order chi connectivity index (χ0) is 11.8. The zero-order valence-corrected chi connectivity index (χ0v) is 9.87. The number of ether oxygens (including phenoxy) is 2. The van der Waals surface area contributed by atoms with Gasteiger partial charge in [-0.15, -0.1) is 0 Å². The Morgan fingerprint density at radius 3 is 2.76 bits per heavy atom. The van der Waals surface area contributed by atoms with Gasteiger partial charge in [-0.05, 0) is 32.1 Å². The molecule has 1 saturated carbocycles. The highest BCUT2D eigenvalue weighted by atomic mass is 16.6. The van der Waals surface area contributed by atoms with Gasteiger partial charge in [0.1, 0.15) is 0 Å². The Kier molecular flexibility index (Phi) is 3.21. The molecule has 6 unspecified atom stereocenters. The highest BCUT2D eigenvalue weighted by Gasteiger charge is 2.42. The van der Waals surface area contributed by atoms with Crippen LogP contribution >= 0.6 is 0 Å². The summed E-state index contributed by atoms with van der Waals surface area (Å²) in [5, 5.41) is 19.7. The van der Waals surface area contributed by atoms with Crippen molar-refractivity contribution in [3.8, 4) is 0 Å². The fraction of sp³-hybridized carbons (Fsp3) is 0.846. The first-order valence-electron chi connectivity index (χ1n) is 6.58. The maximum atomic E-state index is 10.1. The predicted molar refractivity (Wildman–Crippen MR) is 61.3 cm³/mol. The molecule has 2 N–H and O–H groups in total. The molecule has 0 aromatic carbocycles. The van der Waals surface area contributed by atoms with Gasteiger partial charge in [0, 0.05) is 5.92 Å². The molecule has 1 aliphatic carbocycles. The molecular formula is C13H20O4. The third kappa shape index (κ3) is 2.40. The average Bonchev–Trinajstić information content (AvgIpc) is 2.90. The molecule has 2 bridgehead atoms. The molecule has 2 heterocycles. The second-order valence-corrected chi connectivity index (χ2v) is 5.39. The van der Waals surface area contributed by atoms with Crippen molar-refractivity contribution in [2.75, 3.05) is 0 Å². The van der Waals surface area contributed by atoms with Crippen molar-refractivity contribution >= 4 is 0 Å². The molecule has 0 aromatic rings. The number of rotatable bonds is 3. The van der Waals surface area contributed by atoms with Gasteiger partial charge in [0.2, 0.25) is 0 Å². The van der Waals surface area contributed by atoms with Gasteiger partial charge in [-0.25, -0.2) is 0 Å². The SMILES string of the molecule is OC1CCCC(OC(O)C2CC3C=CC2O3)C1. The fourth-order valence-corrected chi connectivity index (χ4v) is 3.13. The first kappa shape index (κ1) is 11.7. The molecule has 17 heavy (non-hydrogen) atoms. The fourth-order valence-electron chi connectivity index (χ4n) is 3.13. The number of hydrogen-bond donors (Lipinski definition) is 2. The molecule has 96 valence electrons. The molecule has 1 saturated heterocycles. The van der Waals surface area contributed by atoms with Crippen molar-refractivity contribution in [3.63, 3.8) is 0 Å². The maximum Gasteiger partial charge on any atom is 0.160 e. The summed E-state index contributed by atoms with van der Waals surface area (Å²) in [6, 6.07) is 0. The summed E-state index contributed by atoms with van der Waals surface area (Å²) in [5.74, 6) is 0.0593. The van der Waals surface area contributed by atoms with Gasteiger partial charge in [0.15, 0.2) is 6.29 Å². The summed E-state index contributed by atoms with van der Waals surface area (Å²) in [6.07, 6.45) is 7.49. The number of aliphatic hydroxyl groups is 2. The van der Waals surface area contributed by atoms with E-state index in [1.807, 2.05) is 6.08 Å². The minimum atomic E-state index is -0.759. The third-order valence-electron chi connectivity index (χ3n) is 4.07. The minimum Gasteiger partial charge on any atom is -0.393 e. The molecule has 2 aliphatic heterocycles. The first-order chi connectivity index (χ1) is 8.22. The van der Waals surface area contributed by atoms with Crippen LogP contribution in [0.5, 0.6) is 0 Å². The maximum absolute atomic E-state index is 10.1. The summed E-state index contributed by atoms with van der Waals surface area (Å²) in [5.41, 5.74) is 0. The lowest BCUT2D eigenvalue weighted by molar-refractivity contribution is -0.183. The Bertz CT molecular complexity index is 304. The van der Waals surface area contributed by atoms with Crippen LogP contribution in [0.4, 0.5) is 0 Å². The molecule has 0 amide bonds. The first-order valence-corrected chi connectivity index (χ1v) is 6.58. The lowest BCUT2D eigenvalue weighted by Crippen LogP contribution is -2.36. The van der Waals surface area contributed by atoms with Gasteiger partial charge >= 0.3 is 0 Å². The van der Waals surface area contributed by atoms with E-state index < -0.39 is 6.29 Å². The van der Waals surface area contributed by atoms with E-state index in [2.05, 4.69) is 6.08 Å². The summed E-state index contributed by atoms with van der Waals surface area (Å²) in [7, 11) is 0. The van der Waals surface area contributed by atoms with E-state index in [0.29, 0.717) is 6.42 Å². The summed E-state index contributed by atoms with van der Waals surface area (Å²) in [6.45, 7) is 0. The molecule has 4 heteroatoms. The van der Waals surface area contributed by atoms with Crippen molar-refractivity contribution in [1.82, 2.24) is 0 Å². The van der Waals surface area contributed by atoms with E-state index >= 15 is 0 Å². The highest BCUT2D eigenvalue weighted by Crippen LogP contribution is 2.37. The van der Waals surface area contributed by atoms with Gasteiger partial charge in [-0.1, -0.05) is 12.2 Å². The van der Waals surface area contributed by atoms with E-state index in [1.54, 1.807) is 0 Å². The average molecular weight is 240 g/mol. The van der Waals surface area contributed by atoms with E-state index in [9.17, 15) is 10.2 Å². The minimum absolute atomic E-state index is 0.00291. The van der Waals surface area contributed by atoms with Crippen LogP contribution in [0.3, 0.4) is 0 Å². The third-order valence-corrected chi connectivity index (χ3v) is 4.07. The van der Waals surface area contributed by atoms with Crippen LogP contribution in [0.1, 0.15) is 32.1 Å². The topological polar surface area (TPSA) is 58.9 Å². The molecular weight excluding hydrogens is 220 g/mol. The van der Waals surface area contributed by atoms with E-state index in [4.69, 9.17) is 9.47 Å². The quantitative estimate of drug-likeness (QED) is 0.570. The Labute approximate surface area is 101 Å². The number of hydrogen-bond acceptors (Lipinski definition) is 4. The number of aliphatic hydroxyl groups excluding tert-OH is 2. The van der Waals surface area contributed by atoms with Gasteiger partial charge in [-0.3, -0.25) is 0 Å². The van der Waals surface area contributed by atoms with Crippen LogP contribution in [0.15, 0.2) is 12.2 Å². The Hall–Kier alpha value is -0.420. The number of fused-ring (bicyclic) bond motifs is 2. The van der Waals surface area contributed by atoms with Crippen LogP contribution in [-0.4, -0.2) is 40.9 Å². The summed E-state index contributed by atoms with van der Waals surface area (Å²) < 4.78 is 11.3. The molecule has 3 rings (SSSR count). The molecule has 2 fully saturated rings. The highest BCUT2D eigenvalue weighted by molar-refractivity contribution is 5.11. The van der Waals surface area contributed by atoms with Crippen LogP contribution in [0.2, 0.25) is 0 Å². The Morgan fingerprint density at radius 2 is 2.12 bits per heavy atom. The molecule has 0 radical (unpaired) electrons. The largest absolute Gasteiger partial charge is 0.393 e. The van der Waals surface area contributed by atoms with Crippen molar-refractivity contribution in [2.24, 2.45) is 5.92 Å². The standard InChI is InChI=1S/C13H20O4/c14-8-2-1-3-9(6-8)17-13(15)11-7-10-4-5-12(11)16-10/h4-5,8-15H,1-3,6-7H2. The van der Waals surface area contributed by atoms with Crippen LogP contribution in [-0.2, 0) is 9.47 Å². The molecule has 4 nitrogen and oxygen atoms in total. The van der Waals surface area contributed by atoms with E-state index in [0.717, 1.165) is 25.7 Å². The monoisotopic (exact) mass is 240 g/mol. The smallest absolute Gasteiger partial charge is 0.160 e. The van der Waals surface area contributed by atoms with Crippen molar-refractivity contribution in [3.05, 3.63) is 12.2 Å². The van der Waals surface area contributed by atoms with Crippen LogP contribution in [0, 0.1) is 5.92 Å². The van der Waals surface area contributed by atoms with Crippen LogP contribution < -0.4 is 0 Å². The summed E-state index contributed by atoms with van der Waals surface area (Å²) >= 11 is 0. The predicted octanol–water partition coefficient (Wildman–Crippen LogP) is 0.968. The Morgan fingerprint density at radius 1 is 1.24 bits per heavy atom. The lowest BCUT2D eigenvalue weighted by atomic mass is 9.92. The van der Waals surface area contributed by atoms with Crippen molar-refractivity contribution < 1.29 is 19.7 Å². The van der Waals surface area contributed by atoms with Gasteiger partial charge in [0.25, 0.3) is 0 Å².